The normalized spacial score (nSPS) is 28.6. The van der Waals surface area contributed by atoms with E-state index in [1.807, 2.05) is 36.4 Å². The molecule has 0 saturated carbocycles. The van der Waals surface area contributed by atoms with Gasteiger partial charge >= 0.3 is 0 Å². The van der Waals surface area contributed by atoms with Crippen molar-refractivity contribution in [2.45, 2.75) is 31.8 Å². The summed E-state index contributed by atoms with van der Waals surface area (Å²) in [7, 11) is 1.67. The van der Waals surface area contributed by atoms with Crippen molar-refractivity contribution in [3.05, 3.63) is 36.4 Å². The third-order valence-electron chi connectivity index (χ3n) is 5.54. The monoisotopic (exact) mass is 324 g/mol. The van der Waals surface area contributed by atoms with Gasteiger partial charge in [-0.3, -0.25) is 4.90 Å². The molecule has 0 amide bonds. The molecule has 1 aromatic heterocycles. The lowest BCUT2D eigenvalue weighted by atomic mass is 9.79. The van der Waals surface area contributed by atoms with Gasteiger partial charge in [0, 0.05) is 17.6 Å². The highest BCUT2D eigenvalue weighted by Crippen LogP contribution is 2.33. The zero-order chi connectivity index (χ0) is 16.5. The summed E-state index contributed by atoms with van der Waals surface area (Å²) in [6.45, 7) is 4.81. The lowest BCUT2D eigenvalue weighted by Gasteiger charge is -2.50. The second-order valence-electron chi connectivity index (χ2n) is 6.82. The Kier molecular flexibility index (Phi) is 4.10. The van der Waals surface area contributed by atoms with Gasteiger partial charge in [0.2, 0.25) is 0 Å². The number of piperidine rings is 3. The summed E-state index contributed by atoms with van der Waals surface area (Å²) in [5, 5.41) is 12.4. The zero-order valence-electron chi connectivity index (χ0n) is 14.3. The van der Waals surface area contributed by atoms with Crippen molar-refractivity contribution in [1.82, 2.24) is 15.1 Å². The van der Waals surface area contributed by atoms with E-state index in [0.717, 1.165) is 28.7 Å². The molecule has 3 saturated heterocycles. The largest absolute Gasteiger partial charge is 0.497 e. The van der Waals surface area contributed by atoms with Crippen LogP contribution in [0.2, 0.25) is 0 Å². The molecule has 4 heterocycles. The molecule has 1 N–H and O–H groups in total. The van der Waals surface area contributed by atoms with Gasteiger partial charge in [-0.05, 0) is 75.2 Å². The molecule has 1 aromatic carbocycles. The summed E-state index contributed by atoms with van der Waals surface area (Å²) in [5.41, 5.74) is 1.93. The number of methoxy groups -OCH3 is 1. The fraction of sp³-hybridized carbons (Fsp3) is 0.474. The fourth-order valence-electron chi connectivity index (χ4n) is 4.04. The first kappa shape index (κ1) is 15.4. The molecule has 3 aliphatic rings. The molecule has 3 fully saturated rings. The molecule has 0 aliphatic carbocycles. The number of anilines is 1. The minimum Gasteiger partial charge on any atom is -0.497 e. The topological polar surface area (TPSA) is 50.3 Å². The molecular weight excluding hydrogens is 300 g/mol. The predicted octanol–water partition coefficient (Wildman–Crippen LogP) is 3.05. The van der Waals surface area contributed by atoms with Crippen LogP contribution in [-0.4, -0.2) is 47.4 Å². The van der Waals surface area contributed by atoms with Crippen LogP contribution in [0.3, 0.4) is 0 Å². The van der Waals surface area contributed by atoms with Crippen LogP contribution in [0.1, 0.15) is 19.8 Å². The van der Waals surface area contributed by atoms with Gasteiger partial charge in [-0.15, -0.1) is 10.2 Å². The van der Waals surface area contributed by atoms with E-state index >= 15 is 0 Å². The molecule has 2 unspecified atom stereocenters. The number of rotatable bonds is 4. The van der Waals surface area contributed by atoms with Gasteiger partial charge in [-0.25, -0.2) is 0 Å². The number of benzene rings is 1. The van der Waals surface area contributed by atoms with Crippen molar-refractivity contribution in [1.29, 1.82) is 0 Å². The maximum Gasteiger partial charge on any atom is 0.148 e. The van der Waals surface area contributed by atoms with E-state index in [1.165, 1.54) is 25.9 Å². The lowest BCUT2D eigenvalue weighted by molar-refractivity contribution is 0.0457. The molecule has 5 heteroatoms. The minimum atomic E-state index is 0.480. The smallest absolute Gasteiger partial charge is 0.148 e. The summed E-state index contributed by atoms with van der Waals surface area (Å²) < 4.78 is 5.19. The Balaban J connectivity index is 1.47. The van der Waals surface area contributed by atoms with Crippen LogP contribution in [0.5, 0.6) is 5.75 Å². The van der Waals surface area contributed by atoms with Crippen molar-refractivity contribution in [2.24, 2.45) is 5.92 Å². The molecule has 2 aromatic rings. The van der Waals surface area contributed by atoms with Crippen LogP contribution >= 0.6 is 0 Å². The van der Waals surface area contributed by atoms with E-state index in [9.17, 15) is 0 Å². The molecule has 5 rings (SSSR count). The number of nitrogens with one attached hydrogen (secondary N) is 1. The van der Waals surface area contributed by atoms with Crippen molar-refractivity contribution < 1.29 is 4.74 Å². The van der Waals surface area contributed by atoms with E-state index in [4.69, 9.17) is 4.74 Å². The molecule has 3 aliphatic heterocycles. The predicted molar refractivity (Wildman–Crippen MR) is 95.2 cm³/mol. The Bertz CT molecular complexity index is 676. The van der Waals surface area contributed by atoms with Crippen LogP contribution in [0.15, 0.2) is 36.4 Å². The van der Waals surface area contributed by atoms with Crippen LogP contribution in [0, 0.1) is 5.92 Å². The average molecular weight is 324 g/mol. The quantitative estimate of drug-likeness (QED) is 0.937. The van der Waals surface area contributed by atoms with Crippen molar-refractivity contribution in [3.63, 3.8) is 0 Å². The summed E-state index contributed by atoms with van der Waals surface area (Å²) in [4.78, 5) is 2.58. The lowest BCUT2D eigenvalue weighted by Crippen LogP contribution is -2.59. The standard InChI is InChI=1S/C19H24N4O/c1-13-19(15-9-11-23(13)12-10-15)20-18-8-7-17(21-22-18)14-3-5-16(24-2)6-4-14/h3-8,13,15,19H,9-12H2,1-2H3,(H,20,22). The number of hydrogen-bond acceptors (Lipinski definition) is 5. The summed E-state index contributed by atoms with van der Waals surface area (Å²) >= 11 is 0. The Morgan fingerprint density at radius 1 is 1.04 bits per heavy atom. The average Bonchev–Trinajstić information content (AvgIpc) is 2.66. The second kappa shape index (κ2) is 6.40. The summed E-state index contributed by atoms with van der Waals surface area (Å²) in [6.07, 6.45) is 2.58. The maximum atomic E-state index is 5.19. The molecule has 2 bridgehead atoms. The van der Waals surface area contributed by atoms with Gasteiger partial charge in [0.15, 0.2) is 0 Å². The first-order chi connectivity index (χ1) is 11.7. The van der Waals surface area contributed by atoms with E-state index in [-0.39, 0.29) is 0 Å². The number of ether oxygens (including phenoxy) is 1. The molecule has 0 spiro atoms. The molecular formula is C19H24N4O. The number of aromatic nitrogens is 2. The highest BCUT2D eigenvalue weighted by atomic mass is 16.5. The first-order valence-corrected chi connectivity index (χ1v) is 8.73. The number of hydrogen-bond donors (Lipinski definition) is 1. The SMILES string of the molecule is COc1ccc(-c2ccc(NC3C4CCN(CC4)C3C)nn2)cc1. The molecule has 24 heavy (non-hydrogen) atoms. The van der Waals surface area contributed by atoms with Crippen molar-refractivity contribution in [3.8, 4) is 17.0 Å². The van der Waals surface area contributed by atoms with E-state index in [0.29, 0.717) is 12.1 Å². The fourth-order valence-corrected chi connectivity index (χ4v) is 4.04. The molecule has 2 atom stereocenters. The molecule has 0 radical (unpaired) electrons. The van der Waals surface area contributed by atoms with Crippen LogP contribution in [-0.2, 0) is 0 Å². The highest BCUT2D eigenvalue weighted by Gasteiger charge is 2.39. The van der Waals surface area contributed by atoms with Gasteiger partial charge < -0.3 is 10.1 Å². The van der Waals surface area contributed by atoms with E-state index in [2.05, 4.69) is 27.3 Å². The zero-order valence-corrected chi connectivity index (χ0v) is 14.3. The van der Waals surface area contributed by atoms with Crippen molar-refractivity contribution >= 4 is 5.82 Å². The van der Waals surface area contributed by atoms with Gasteiger partial charge in [0.25, 0.3) is 0 Å². The first-order valence-electron chi connectivity index (χ1n) is 8.73. The highest BCUT2D eigenvalue weighted by molar-refractivity contribution is 5.60. The Morgan fingerprint density at radius 2 is 1.79 bits per heavy atom. The van der Waals surface area contributed by atoms with Crippen molar-refractivity contribution in [2.75, 3.05) is 25.5 Å². The van der Waals surface area contributed by atoms with Crippen LogP contribution in [0.25, 0.3) is 11.3 Å². The summed E-state index contributed by atoms with van der Waals surface area (Å²) in [5.74, 6) is 2.48. The van der Waals surface area contributed by atoms with Crippen LogP contribution in [0.4, 0.5) is 5.82 Å². The molecule has 5 nitrogen and oxygen atoms in total. The Labute approximate surface area is 143 Å². The molecule has 126 valence electrons. The van der Waals surface area contributed by atoms with E-state index in [1.54, 1.807) is 7.11 Å². The van der Waals surface area contributed by atoms with E-state index < -0.39 is 0 Å². The number of nitrogens with zero attached hydrogens (tertiary/aromatic N) is 3. The van der Waals surface area contributed by atoms with Gasteiger partial charge in [-0.1, -0.05) is 0 Å². The summed E-state index contributed by atoms with van der Waals surface area (Å²) in [6, 6.07) is 13.0. The van der Waals surface area contributed by atoms with Crippen LogP contribution < -0.4 is 10.1 Å². The third kappa shape index (κ3) is 2.84. The second-order valence-corrected chi connectivity index (χ2v) is 6.82. The minimum absolute atomic E-state index is 0.480. The number of fused-ring (bicyclic) bond motifs is 3. The Hall–Kier alpha value is -2.14. The Morgan fingerprint density at radius 3 is 2.38 bits per heavy atom. The third-order valence-corrected chi connectivity index (χ3v) is 5.54. The van der Waals surface area contributed by atoms with Gasteiger partial charge in [0.05, 0.1) is 12.8 Å². The maximum absolute atomic E-state index is 5.19. The van der Waals surface area contributed by atoms with Gasteiger partial charge in [0.1, 0.15) is 11.6 Å². The van der Waals surface area contributed by atoms with Gasteiger partial charge in [-0.2, -0.15) is 0 Å².